The van der Waals surface area contributed by atoms with Crippen molar-refractivity contribution in [1.29, 1.82) is 0 Å². The third-order valence-corrected chi connectivity index (χ3v) is 6.92. The second kappa shape index (κ2) is 8.32. The lowest BCUT2D eigenvalue weighted by molar-refractivity contribution is -0.137. The van der Waals surface area contributed by atoms with Crippen molar-refractivity contribution in [2.45, 2.75) is 42.7 Å². The minimum absolute atomic E-state index is 0.180. The Morgan fingerprint density at radius 1 is 1.31 bits per heavy atom. The van der Waals surface area contributed by atoms with Crippen LogP contribution < -0.4 is 5.73 Å². The summed E-state index contributed by atoms with van der Waals surface area (Å²) in [5.74, 6) is -4.69. The van der Waals surface area contributed by atoms with Crippen LogP contribution in [0.1, 0.15) is 24.8 Å². The molecule has 160 valence electrons. The van der Waals surface area contributed by atoms with Crippen molar-refractivity contribution in [1.82, 2.24) is 9.29 Å². The molecule has 3 rings (SSSR count). The predicted molar refractivity (Wildman–Crippen MR) is 94.3 cm³/mol. The number of amides is 1. The maximum atomic E-state index is 14.6. The van der Waals surface area contributed by atoms with E-state index in [4.69, 9.17) is 5.73 Å². The number of benzene rings is 1. The Kier molecular flexibility index (Phi) is 6.65. The molecule has 1 aliphatic heterocycles. The third-order valence-electron chi connectivity index (χ3n) is 4.07. The summed E-state index contributed by atoms with van der Waals surface area (Å²) in [6, 6.07) is 3.26. The zero-order valence-electron chi connectivity index (χ0n) is 14.9. The van der Waals surface area contributed by atoms with Crippen molar-refractivity contribution in [3.63, 3.8) is 0 Å². The summed E-state index contributed by atoms with van der Waals surface area (Å²) in [6.45, 7) is 1.49. The van der Waals surface area contributed by atoms with Gasteiger partial charge in [-0.3, -0.25) is 4.79 Å². The van der Waals surface area contributed by atoms with Gasteiger partial charge in [0.15, 0.2) is 5.01 Å². The number of alkyl halides is 4. The highest BCUT2D eigenvalue weighted by molar-refractivity contribution is 7.89. The van der Waals surface area contributed by atoms with Crippen LogP contribution in [0.3, 0.4) is 0 Å². The molecular formula is C16H16F5N3O3S2. The standard InChI is InChI=1S/C12H14F2N2O3S.C4H2F3NS/c1-8-6-7-12(14,11(15)17)16(8)20(18,19)10-4-2-9(13)3-5-10;5-4(6,7)3-8-1-2-9-3/h2-5,8H,6-7H2,1H3,(H2,15,17);1-2H. The van der Waals surface area contributed by atoms with Crippen LogP contribution in [-0.4, -0.2) is 35.4 Å². The molecule has 29 heavy (non-hydrogen) atoms. The van der Waals surface area contributed by atoms with E-state index in [1.54, 1.807) is 0 Å². The van der Waals surface area contributed by atoms with E-state index >= 15 is 0 Å². The zero-order valence-corrected chi connectivity index (χ0v) is 16.5. The minimum atomic E-state index is -4.27. The summed E-state index contributed by atoms with van der Waals surface area (Å²) in [6.07, 6.45) is -3.24. The Labute approximate surface area is 167 Å². The summed E-state index contributed by atoms with van der Waals surface area (Å²) in [5.41, 5.74) is 5.00. The Morgan fingerprint density at radius 2 is 1.90 bits per heavy atom. The van der Waals surface area contributed by atoms with Crippen LogP contribution in [0.2, 0.25) is 0 Å². The van der Waals surface area contributed by atoms with Crippen LogP contribution in [0, 0.1) is 5.82 Å². The van der Waals surface area contributed by atoms with Crippen LogP contribution in [0.25, 0.3) is 0 Å². The molecule has 0 saturated carbocycles. The van der Waals surface area contributed by atoms with E-state index in [2.05, 4.69) is 4.98 Å². The topological polar surface area (TPSA) is 93.4 Å². The normalized spacial score (nSPS) is 22.8. The van der Waals surface area contributed by atoms with Crippen LogP contribution >= 0.6 is 11.3 Å². The molecule has 0 aliphatic carbocycles. The summed E-state index contributed by atoms with van der Waals surface area (Å²) < 4.78 is 87.5. The molecule has 1 aromatic carbocycles. The zero-order chi connectivity index (χ0) is 22.0. The van der Waals surface area contributed by atoms with Gasteiger partial charge in [-0.05, 0) is 37.6 Å². The summed E-state index contributed by atoms with van der Waals surface area (Å²) in [7, 11) is -4.27. The second-order valence-corrected chi connectivity index (χ2v) is 8.81. The molecule has 13 heteroatoms. The highest BCUT2D eigenvalue weighted by atomic mass is 32.2. The van der Waals surface area contributed by atoms with Crippen molar-refractivity contribution in [2.24, 2.45) is 5.73 Å². The molecule has 2 unspecified atom stereocenters. The number of nitrogens with two attached hydrogens (primary N) is 1. The number of primary amides is 1. The van der Waals surface area contributed by atoms with Crippen LogP contribution in [0.5, 0.6) is 0 Å². The molecule has 0 bridgehead atoms. The smallest absolute Gasteiger partial charge is 0.366 e. The number of hydrogen-bond acceptors (Lipinski definition) is 5. The molecule has 6 nitrogen and oxygen atoms in total. The molecule has 0 radical (unpaired) electrons. The van der Waals surface area contributed by atoms with Crippen molar-refractivity contribution in [3.05, 3.63) is 46.7 Å². The summed E-state index contributed by atoms with van der Waals surface area (Å²) in [5, 5.41) is 0.505. The number of carbonyl (C=O) groups is 1. The number of rotatable bonds is 3. The second-order valence-electron chi connectivity index (χ2n) is 6.10. The lowest BCUT2D eigenvalue weighted by atomic mass is 10.2. The van der Waals surface area contributed by atoms with Crippen molar-refractivity contribution in [3.8, 4) is 0 Å². The van der Waals surface area contributed by atoms with Crippen LogP contribution in [-0.2, 0) is 21.0 Å². The number of nitrogens with zero attached hydrogens (tertiary/aromatic N) is 2. The van der Waals surface area contributed by atoms with Gasteiger partial charge in [0.2, 0.25) is 10.0 Å². The Morgan fingerprint density at radius 3 is 2.31 bits per heavy atom. The molecule has 2 atom stereocenters. The van der Waals surface area contributed by atoms with E-state index in [1.165, 1.54) is 12.3 Å². The van der Waals surface area contributed by atoms with Gasteiger partial charge in [-0.15, -0.1) is 11.3 Å². The molecule has 0 spiro atoms. The van der Waals surface area contributed by atoms with E-state index in [9.17, 15) is 35.2 Å². The van der Waals surface area contributed by atoms with Gasteiger partial charge in [0.05, 0.1) is 4.90 Å². The van der Waals surface area contributed by atoms with E-state index in [0.717, 1.165) is 30.5 Å². The Hall–Kier alpha value is -2.12. The van der Waals surface area contributed by atoms with Crippen LogP contribution in [0.15, 0.2) is 40.7 Å². The first-order valence-electron chi connectivity index (χ1n) is 8.06. The summed E-state index contributed by atoms with van der Waals surface area (Å²) >= 11 is 0.594. The highest BCUT2D eigenvalue weighted by Gasteiger charge is 2.56. The number of halogens is 5. The molecule has 2 heterocycles. The van der Waals surface area contributed by atoms with Gasteiger partial charge in [0, 0.05) is 24.0 Å². The lowest BCUT2D eigenvalue weighted by Gasteiger charge is -2.30. The first kappa shape index (κ1) is 23.2. The van der Waals surface area contributed by atoms with Gasteiger partial charge < -0.3 is 5.73 Å². The van der Waals surface area contributed by atoms with E-state index in [-0.39, 0.29) is 17.7 Å². The lowest BCUT2D eigenvalue weighted by Crippen LogP contribution is -2.54. The van der Waals surface area contributed by atoms with E-state index < -0.39 is 44.8 Å². The predicted octanol–water partition coefficient (Wildman–Crippen LogP) is 3.31. The van der Waals surface area contributed by atoms with Gasteiger partial charge in [0.1, 0.15) is 5.82 Å². The third kappa shape index (κ3) is 4.90. The fourth-order valence-corrected chi connectivity index (χ4v) is 5.07. The first-order valence-corrected chi connectivity index (χ1v) is 10.4. The monoisotopic (exact) mass is 457 g/mol. The largest absolute Gasteiger partial charge is 0.443 e. The number of aromatic nitrogens is 1. The van der Waals surface area contributed by atoms with Crippen molar-refractivity contribution >= 4 is 27.3 Å². The fourth-order valence-electron chi connectivity index (χ4n) is 2.72. The molecular weight excluding hydrogens is 441 g/mol. The number of thiazole rings is 1. The maximum absolute atomic E-state index is 14.6. The first-order chi connectivity index (χ1) is 13.3. The van der Waals surface area contributed by atoms with Crippen LogP contribution in [0.4, 0.5) is 22.0 Å². The van der Waals surface area contributed by atoms with Crippen molar-refractivity contribution < 1.29 is 35.2 Å². The molecule has 1 aliphatic rings. The number of sulfonamides is 1. The maximum Gasteiger partial charge on any atom is 0.443 e. The molecule has 2 N–H and O–H groups in total. The quantitative estimate of drug-likeness (QED) is 0.565. The summed E-state index contributed by atoms with van der Waals surface area (Å²) in [4.78, 5) is 14.1. The molecule has 1 aromatic heterocycles. The van der Waals surface area contributed by atoms with Gasteiger partial charge in [-0.2, -0.15) is 17.5 Å². The van der Waals surface area contributed by atoms with Gasteiger partial charge in [-0.25, -0.2) is 22.2 Å². The highest BCUT2D eigenvalue weighted by Crippen LogP contribution is 2.39. The molecule has 2 aromatic rings. The average molecular weight is 457 g/mol. The molecule has 1 fully saturated rings. The number of hydrogen-bond donors (Lipinski definition) is 1. The Balaban J connectivity index is 0.000000278. The van der Waals surface area contributed by atoms with Gasteiger partial charge in [-0.1, -0.05) is 0 Å². The SMILES string of the molecule is CC1CCC(F)(C(N)=O)N1S(=O)(=O)c1ccc(F)cc1.FC(F)(F)c1nccs1. The number of carbonyl (C=O) groups excluding carboxylic acids is 1. The minimum Gasteiger partial charge on any atom is -0.366 e. The molecule has 1 saturated heterocycles. The fraction of sp³-hybridized carbons (Fsp3) is 0.375. The van der Waals surface area contributed by atoms with Crippen molar-refractivity contribution in [2.75, 3.05) is 0 Å². The van der Waals surface area contributed by atoms with Gasteiger partial charge >= 0.3 is 6.18 Å². The molecule has 1 amide bonds. The Bertz CT molecular complexity index is 949. The van der Waals surface area contributed by atoms with E-state index in [0.29, 0.717) is 15.6 Å². The van der Waals surface area contributed by atoms with Gasteiger partial charge in [0.25, 0.3) is 11.7 Å². The van der Waals surface area contributed by atoms with E-state index in [1.807, 2.05) is 0 Å². The average Bonchev–Trinajstić information content (AvgIpc) is 3.25.